The molecular formula is C19H30N6O. The van der Waals surface area contributed by atoms with Crippen molar-refractivity contribution in [3.63, 3.8) is 0 Å². The van der Waals surface area contributed by atoms with E-state index in [9.17, 15) is 4.79 Å². The van der Waals surface area contributed by atoms with Gasteiger partial charge in [-0.05, 0) is 45.6 Å². The highest BCUT2D eigenvalue weighted by Crippen LogP contribution is 2.36. The van der Waals surface area contributed by atoms with Gasteiger partial charge < -0.3 is 15.5 Å². The van der Waals surface area contributed by atoms with E-state index in [1.54, 1.807) is 0 Å². The minimum atomic E-state index is 0.0276. The lowest BCUT2D eigenvalue weighted by molar-refractivity contribution is -0.130. The summed E-state index contributed by atoms with van der Waals surface area (Å²) >= 11 is 0. The van der Waals surface area contributed by atoms with Crippen LogP contribution in [0.2, 0.25) is 0 Å². The molecule has 3 aliphatic rings. The molecule has 142 valence electrons. The minimum absolute atomic E-state index is 0.0276. The number of rotatable bonds is 3. The Morgan fingerprint density at radius 2 is 2.04 bits per heavy atom. The quantitative estimate of drug-likeness (QED) is 0.877. The van der Waals surface area contributed by atoms with E-state index in [-0.39, 0.29) is 5.54 Å². The summed E-state index contributed by atoms with van der Waals surface area (Å²) in [4.78, 5) is 28.2. The average molecular weight is 358 g/mol. The molecule has 1 atom stereocenters. The molecule has 2 saturated heterocycles. The molecule has 4 rings (SSSR count). The van der Waals surface area contributed by atoms with Gasteiger partial charge in [-0.3, -0.25) is 9.69 Å². The van der Waals surface area contributed by atoms with E-state index in [1.165, 1.54) is 12.8 Å². The second-order valence-corrected chi connectivity index (χ2v) is 8.33. The largest absolute Gasteiger partial charge is 0.368 e. The Bertz CT molecular complexity index is 670. The van der Waals surface area contributed by atoms with Crippen LogP contribution >= 0.6 is 0 Å². The highest BCUT2D eigenvalue weighted by atomic mass is 16.2. The number of likely N-dealkylation sites (tertiary alicyclic amines) is 1. The lowest BCUT2D eigenvalue weighted by Gasteiger charge is -2.49. The Morgan fingerprint density at radius 1 is 1.23 bits per heavy atom. The number of hydrogen-bond donors (Lipinski definition) is 1. The Hall–Kier alpha value is -1.89. The number of nitrogens with zero attached hydrogens (tertiary/aromatic N) is 5. The number of carbonyl (C=O) groups excluding carboxylic acids is 1. The topological polar surface area (TPSA) is 78.6 Å². The average Bonchev–Trinajstić information content (AvgIpc) is 3.42. The Balaban J connectivity index is 1.52. The van der Waals surface area contributed by atoms with E-state index in [0.717, 1.165) is 63.0 Å². The summed E-state index contributed by atoms with van der Waals surface area (Å²) in [6, 6.07) is 2.01. The van der Waals surface area contributed by atoms with Crippen LogP contribution in [0.4, 0.5) is 11.8 Å². The maximum atomic E-state index is 12.6. The number of nitrogen functional groups attached to an aromatic ring is 1. The minimum Gasteiger partial charge on any atom is -0.368 e. The highest BCUT2D eigenvalue weighted by Gasteiger charge is 2.43. The van der Waals surface area contributed by atoms with Gasteiger partial charge >= 0.3 is 0 Å². The van der Waals surface area contributed by atoms with Crippen molar-refractivity contribution in [2.24, 2.45) is 5.92 Å². The van der Waals surface area contributed by atoms with E-state index in [4.69, 9.17) is 5.73 Å². The Morgan fingerprint density at radius 3 is 2.77 bits per heavy atom. The molecular weight excluding hydrogens is 328 g/mol. The lowest BCUT2D eigenvalue weighted by Crippen LogP contribution is -2.61. The van der Waals surface area contributed by atoms with Crippen molar-refractivity contribution in [3.8, 4) is 0 Å². The number of hydrogen-bond acceptors (Lipinski definition) is 6. The third-order valence-corrected chi connectivity index (χ3v) is 6.36. The lowest BCUT2D eigenvalue weighted by atomic mass is 9.86. The third-order valence-electron chi connectivity index (χ3n) is 6.36. The molecule has 2 N–H and O–H groups in total. The first-order valence-corrected chi connectivity index (χ1v) is 9.80. The van der Waals surface area contributed by atoms with E-state index in [2.05, 4.69) is 31.7 Å². The SMILES string of the molecule is Cc1cc(N2CCN(C)[C@@]3(CCC(=O)N(CC4CC4)CC3)C2)nc(N)n1. The molecule has 0 aromatic carbocycles. The zero-order chi connectivity index (χ0) is 18.3. The molecule has 1 aliphatic carbocycles. The summed E-state index contributed by atoms with van der Waals surface area (Å²) < 4.78 is 0. The molecule has 3 heterocycles. The van der Waals surface area contributed by atoms with Crippen LogP contribution in [0.15, 0.2) is 6.07 Å². The van der Waals surface area contributed by atoms with Crippen LogP contribution in [0.25, 0.3) is 0 Å². The summed E-state index contributed by atoms with van der Waals surface area (Å²) in [7, 11) is 2.21. The standard InChI is InChI=1S/C19H30N6O/c1-14-11-16(22-18(20)21-14)25-10-9-23(2)19(13-25)6-5-17(26)24(8-7-19)12-15-3-4-15/h11,15H,3-10,12-13H2,1-2H3,(H2,20,21,22)/t19-/m1/s1. The molecule has 1 spiro atoms. The van der Waals surface area contributed by atoms with E-state index < -0.39 is 0 Å². The molecule has 1 amide bonds. The number of amides is 1. The molecule has 0 bridgehead atoms. The molecule has 1 saturated carbocycles. The van der Waals surface area contributed by atoms with Gasteiger partial charge in [-0.25, -0.2) is 4.98 Å². The van der Waals surface area contributed by atoms with Crippen LogP contribution in [-0.2, 0) is 4.79 Å². The van der Waals surface area contributed by atoms with Gasteiger partial charge in [0.2, 0.25) is 11.9 Å². The van der Waals surface area contributed by atoms with E-state index in [0.29, 0.717) is 18.3 Å². The van der Waals surface area contributed by atoms with Crippen molar-refractivity contribution in [1.29, 1.82) is 0 Å². The summed E-state index contributed by atoms with van der Waals surface area (Å²) in [6.45, 7) is 6.58. The number of likely N-dealkylation sites (N-methyl/N-ethyl adjacent to an activating group) is 1. The number of aromatic nitrogens is 2. The third kappa shape index (κ3) is 3.49. The molecule has 3 fully saturated rings. The summed E-state index contributed by atoms with van der Waals surface area (Å²) in [5, 5.41) is 0. The first kappa shape index (κ1) is 17.5. The fourth-order valence-electron chi connectivity index (χ4n) is 4.43. The molecule has 7 heteroatoms. The fourth-order valence-corrected chi connectivity index (χ4v) is 4.43. The Labute approximate surface area is 155 Å². The second-order valence-electron chi connectivity index (χ2n) is 8.33. The van der Waals surface area contributed by atoms with Crippen molar-refractivity contribution in [1.82, 2.24) is 19.8 Å². The first-order valence-electron chi connectivity index (χ1n) is 9.80. The van der Waals surface area contributed by atoms with Gasteiger partial charge in [0.1, 0.15) is 5.82 Å². The number of aryl methyl sites for hydroxylation is 1. The van der Waals surface area contributed by atoms with Crippen LogP contribution in [0.1, 0.15) is 37.8 Å². The number of nitrogens with two attached hydrogens (primary N) is 1. The summed E-state index contributed by atoms with van der Waals surface area (Å²) in [6.07, 6.45) is 5.17. The van der Waals surface area contributed by atoms with E-state index >= 15 is 0 Å². The maximum absolute atomic E-state index is 12.6. The van der Waals surface area contributed by atoms with Gasteiger partial charge in [0.05, 0.1) is 0 Å². The summed E-state index contributed by atoms with van der Waals surface area (Å²) in [5.41, 5.74) is 6.79. The normalized spacial score (nSPS) is 27.8. The van der Waals surface area contributed by atoms with Crippen LogP contribution in [0.3, 0.4) is 0 Å². The Kier molecular flexibility index (Phi) is 4.50. The monoisotopic (exact) mass is 358 g/mol. The number of piperazine rings is 1. The molecule has 0 unspecified atom stereocenters. The smallest absolute Gasteiger partial charge is 0.222 e. The number of anilines is 2. The maximum Gasteiger partial charge on any atom is 0.222 e. The van der Waals surface area contributed by atoms with Crippen molar-refractivity contribution in [2.45, 2.75) is 44.6 Å². The van der Waals surface area contributed by atoms with E-state index in [1.807, 2.05) is 13.0 Å². The molecule has 1 aromatic heterocycles. The second kappa shape index (κ2) is 6.68. The van der Waals surface area contributed by atoms with Gasteiger partial charge in [-0.2, -0.15) is 4.98 Å². The molecule has 26 heavy (non-hydrogen) atoms. The van der Waals surface area contributed by atoms with Gasteiger partial charge in [0.25, 0.3) is 0 Å². The van der Waals surface area contributed by atoms with Gasteiger partial charge in [0.15, 0.2) is 0 Å². The molecule has 2 aliphatic heterocycles. The highest BCUT2D eigenvalue weighted by molar-refractivity contribution is 5.76. The van der Waals surface area contributed by atoms with Gasteiger partial charge in [-0.1, -0.05) is 0 Å². The van der Waals surface area contributed by atoms with Crippen LogP contribution in [0, 0.1) is 12.8 Å². The van der Waals surface area contributed by atoms with Crippen LogP contribution in [0.5, 0.6) is 0 Å². The van der Waals surface area contributed by atoms with Gasteiger partial charge in [-0.15, -0.1) is 0 Å². The van der Waals surface area contributed by atoms with Crippen molar-refractivity contribution in [2.75, 3.05) is 50.4 Å². The van der Waals surface area contributed by atoms with Crippen molar-refractivity contribution < 1.29 is 4.79 Å². The zero-order valence-corrected chi connectivity index (χ0v) is 15.9. The van der Waals surface area contributed by atoms with Gasteiger partial charge in [0, 0.05) is 56.4 Å². The first-order chi connectivity index (χ1) is 12.4. The number of carbonyl (C=O) groups is 1. The fraction of sp³-hybridized carbons (Fsp3) is 0.737. The van der Waals surface area contributed by atoms with Crippen LogP contribution in [-0.4, -0.2) is 71.0 Å². The zero-order valence-electron chi connectivity index (χ0n) is 15.9. The molecule has 7 nitrogen and oxygen atoms in total. The van der Waals surface area contributed by atoms with Crippen LogP contribution < -0.4 is 10.6 Å². The predicted octanol–water partition coefficient (Wildman–Crippen LogP) is 1.28. The summed E-state index contributed by atoms with van der Waals surface area (Å²) in [5.74, 6) is 2.33. The molecule has 0 radical (unpaired) electrons. The van der Waals surface area contributed by atoms with Crippen molar-refractivity contribution >= 4 is 17.7 Å². The van der Waals surface area contributed by atoms with Crippen molar-refractivity contribution in [3.05, 3.63) is 11.8 Å². The predicted molar refractivity (Wildman–Crippen MR) is 102 cm³/mol. The molecule has 1 aromatic rings.